The molecule has 4 aromatic heterocycles. The summed E-state index contributed by atoms with van der Waals surface area (Å²) in [5, 5.41) is 12.6. The summed E-state index contributed by atoms with van der Waals surface area (Å²) in [5.41, 5.74) is 2.90. The Morgan fingerprint density at radius 3 is 1.46 bits per heavy atom. The maximum Gasteiger partial charge on any atom is 0.569 e. The van der Waals surface area contributed by atoms with Crippen molar-refractivity contribution in [2.75, 3.05) is 37.0 Å². The van der Waals surface area contributed by atoms with Crippen LogP contribution in [0.15, 0.2) is 193 Å². The largest absolute Gasteiger partial charge is 0.569 e. The maximum atomic E-state index is 14.0. The number of methoxy groups -OCH3 is 4. The van der Waals surface area contributed by atoms with E-state index in [0.717, 1.165) is 16.5 Å². The van der Waals surface area contributed by atoms with Crippen LogP contribution < -0.4 is 32.2 Å². The first-order valence-corrected chi connectivity index (χ1v) is 27.7. The lowest BCUT2D eigenvalue weighted by Crippen LogP contribution is -2.31. The molecule has 0 unspecified atom stereocenters. The molecule has 0 aliphatic heterocycles. The molecule has 0 saturated carbocycles. The first-order chi connectivity index (χ1) is 38.7. The van der Waals surface area contributed by atoms with Crippen LogP contribution in [-0.4, -0.2) is 87.9 Å². The van der Waals surface area contributed by atoms with Crippen LogP contribution in [0.5, 0.6) is 28.7 Å². The Morgan fingerprint density at radius 2 is 0.975 bits per heavy atom. The molecular weight excluding hydrogens is 1130 g/mol. The molecule has 80 heavy (non-hydrogen) atoms. The molecule has 24 heteroatoms. The zero-order valence-electron chi connectivity index (χ0n) is 43.0. The quantitative estimate of drug-likeness (QED) is 0.0662. The summed E-state index contributed by atoms with van der Waals surface area (Å²) in [6.07, 6.45) is 8.83. The Bertz CT molecular complexity index is 3960. The van der Waals surface area contributed by atoms with Gasteiger partial charge in [-0.3, -0.25) is 4.98 Å². The zero-order valence-corrected chi connectivity index (χ0v) is 46.9. The Labute approximate surface area is 477 Å². The van der Waals surface area contributed by atoms with Gasteiger partial charge in [0.2, 0.25) is 0 Å². The van der Waals surface area contributed by atoms with Crippen molar-refractivity contribution in [1.29, 1.82) is 0 Å². The van der Waals surface area contributed by atoms with Gasteiger partial charge in [0.25, 0.3) is 20.0 Å². The van der Waals surface area contributed by atoms with E-state index in [4.69, 9.17) is 63.4 Å². The molecule has 1 N–H and O–H groups in total. The smallest absolute Gasteiger partial charge is 0.535 e. The van der Waals surface area contributed by atoms with E-state index in [1.165, 1.54) is 46.8 Å². The topological polar surface area (TPSA) is 218 Å². The Morgan fingerprint density at radius 1 is 0.487 bits per heavy atom. The number of anilines is 2. The summed E-state index contributed by atoms with van der Waals surface area (Å²) in [4.78, 5) is 25.0. The second-order valence-electron chi connectivity index (χ2n) is 16.7. The number of ether oxygens (including phenoxy) is 4. The second kappa shape index (κ2) is 26.6. The number of pyridine rings is 2. The number of hydrogen-bond donors (Lipinski definition) is 1. The molecule has 0 saturated heterocycles. The molecule has 6 aromatic carbocycles. The highest BCUT2D eigenvalue weighted by Crippen LogP contribution is 2.37. The van der Waals surface area contributed by atoms with Crippen LogP contribution in [0.1, 0.15) is 11.1 Å². The summed E-state index contributed by atoms with van der Waals surface area (Å²) >= 11 is 18.0. The van der Waals surface area contributed by atoms with Gasteiger partial charge in [-0.15, -0.1) is 0 Å². The fourth-order valence-corrected chi connectivity index (χ4v) is 11.4. The molecule has 1 radical (unpaired) electrons. The van der Waals surface area contributed by atoms with E-state index in [-0.39, 0.29) is 34.5 Å². The molecule has 10 rings (SSSR count). The lowest BCUT2D eigenvalue weighted by atomic mass is 10.0. The highest BCUT2D eigenvalue weighted by Gasteiger charge is 2.29. The first kappa shape index (κ1) is 57.9. The van der Waals surface area contributed by atoms with Crippen molar-refractivity contribution >= 4 is 95.7 Å². The number of hydrogen-bond acceptors (Lipinski definition) is 16. The molecule has 0 aliphatic carbocycles. The summed E-state index contributed by atoms with van der Waals surface area (Å²) in [6, 6.07) is 40.9. The second-order valence-corrected chi connectivity index (χ2v) is 21.7. The van der Waals surface area contributed by atoms with E-state index < -0.39 is 20.0 Å². The fraction of sp³-hybridized carbons (Fsp3) is 0.107. The standard InChI is InChI=1S/C28H23ClN4O4S.C21H17ClN4O3S.C7H7BClO3/c1-36-22-6-3-19(4-7-22)17-33(27-12-13-30-18-32-27)38(34,35)23-8-9-24-20(15-23)11-14-31-28(24)25-16-21(29)5-10-26(25)37-2;1-29-17-4-2-15(3-5-17)13-26(20-9-10-23-14-25-20)30(27,28)18-6-7-19-16(12-18)8-11-24-21(19)22;1-11-6-3-2-5(9)4-7(6)12-8-10/h3-16,18H,17H2,1-2H3;2-12,14H,13H2,1H3;2-4,10H,1H3. The van der Waals surface area contributed by atoms with Crippen molar-refractivity contribution in [3.63, 3.8) is 0 Å². The number of benzene rings is 6. The average Bonchev–Trinajstić information content (AvgIpc) is 3.50. The van der Waals surface area contributed by atoms with Gasteiger partial charge in [-0.2, -0.15) is 0 Å². The van der Waals surface area contributed by atoms with Gasteiger partial charge in [0, 0.05) is 69.4 Å². The minimum absolute atomic E-state index is 0.0721. The molecule has 0 spiro atoms. The van der Waals surface area contributed by atoms with Crippen molar-refractivity contribution in [3.8, 4) is 40.0 Å². The van der Waals surface area contributed by atoms with Crippen LogP contribution in [0.2, 0.25) is 15.2 Å². The molecular formula is C56H47BCl3N8O10S2. The van der Waals surface area contributed by atoms with E-state index in [0.29, 0.717) is 79.0 Å². The van der Waals surface area contributed by atoms with Gasteiger partial charge in [-0.05, 0) is 119 Å². The minimum Gasteiger partial charge on any atom is -0.535 e. The van der Waals surface area contributed by atoms with Gasteiger partial charge in [0.15, 0.2) is 5.75 Å². The zero-order chi connectivity index (χ0) is 56.8. The number of nitrogens with zero attached hydrogens (tertiary/aromatic N) is 8. The number of halogens is 3. The average molecular weight is 1170 g/mol. The lowest BCUT2D eigenvalue weighted by Gasteiger charge is -2.24. The van der Waals surface area contributed by atoms with Crippen LogP contribution >= 0.6 is 34.8 Å². The monoisotopic (exact) mass is 1170 g/mol. The van der Waals surface area contributed by atoms with Gasteiger partial charge >= 0.3 is 7.69 Å². The molecule has 4 heterocycles. The van der Waals surface area contributed by atoms with Crippen molar-refractivity contribution < 1.29 is 45.5 Å². The molecule has 0 bridgehead atoms. The SMILES string of the molecule is COc1ccc(CN(c2ccncn2)S(=O)(=O)c2ccc3c(-c4cc(Cl)ccc4OC)nccc3c2)cc1.COc1ccc(CN(c2ccncn2)S(=O)(=O)c2ccc3c(Cl)nccc3c2)cc1.COc1ccc(Cl)cc1O[B]O. The molecule has 407 valence electrons. The number of fused-ring (bicyclic) bond motifs is 2. The van der Waals surface area contributed by atoms with Gasteiger partial charge in [-0.1, -0.05) is 65.1 Å². The van der Waals surface area contributed by atoms with E-state index in [1.54, 1.807) is 149 Å². The number of rotatable bonds is 17. The molecule has 0 fully saturated rings. The van der Waals surface area contributed by atoms with E-state index in [9.17, 15) is 16.8 Å². The van der Waals surface area contributed by atoms with E-state index >= 15 is 0 Å². The molecule has 0 atom stereocenters. The Balaban J connectivity index is 0.000000178. The summed E-state index contributed by atoms with van der Waals surface area (Å²) < 4.78 is 83.2. The van der Waals surface area contributed by atoms with Crippen molar-refractivity contribution in [3.05, 3.63) is 209 Å². The van der Waals surface area contributed by atoms with Crippen LogP contribution in [0, 0.1) is 0 Å². The van der Waals surface area contributed by atoms with Crippen LogP contribution in [-0.2, 0) is 33.1 Å². The molecule has 0 amide bonds. The van der Waals surface area contributed by atoms with Gasteiger partial charge in [0.1, 0.15) is 52.4 Å². The predicted octanol–water partition coefficient (Wildman–Crippen LogP) is 11.1. The third-order valence-electron chi connectivity index (χ3n) is 11.9. The van der Waals surface area contributed by atoms with Crippen molar-refractivity contribution in [1.82, 2.24) is 29.9 Å². The normalized spacial score (nSPS) is 11.1. The van der Waals surface area contributed by atoms with Crippen molar-refractivity contribution in [2.45, 2.75) is 22.9 Å². The Hall–Kier alpha value is -8.31. The van der Waals surface area contributed by atoms with Gasteiger partial charge < -0.3 is 28.6 Å². The summed E-state index contributed by atoms with van der Waals surface area (Å²) in [7, 11) is -1.12. The van der Waals surface area contributed by atoms with Crippen LogP contribution in [0.3, 0.4) is 0 Å². The Kier molecular flexibility index (Phi) is 19.2. The third kappa shape index (κ3) is 13.7. The van der Waals surface area contributed by atoms with E-state index in [2.05, 4.69) is 29.9 Å². The highest BCUT2D eigenvalue weighted by molar-refractivity contribution is 7.93. The fourth-order valence-electron chi connectivity index (χ4n) is 7.96. The van der Waals surface area contributed by atoms with E-state index in [1.807, 2.05) is 24.3 Å². The maximum absolute atomic E-state index is 14.0. The summed E-state index contributed by atoms with van der Waals surface area (Å²) in [5.74, 6) is 3.41. The van der Waals surface area contributed by atoms with Gasteiger partial charge in [0.05, 0.1) is 57.0 Å². The third-order valence-corrected chi connectivity index (χ3v) is 16.2. The lowest BCUT2D eigenvalue weighted by molar-refractivity contribution is 0.381. The number of sulfonamides is 2. The van der Waals surface area contributed by atoms with Crippen LogP contribution in [0.25, 0.3) is 32.8 Å². The molecule has 10 aromatic rings. The predicted molar refractivity (Wildman–Crippen MR) is 309 cm³/mol. The van der Waals surface area contributed by atoms with Crippen molar-refractivity contribution in [2.24, 2.45) is 0 Å². The van der Waals surface area contributed by atoms with Crippen LogP contribution in [0.4, 0.5) is 11.6 Å². The minimum atomic E-state index is -4.01. The first-order valence-electron chi connectivity index (χ1n) is 23.7. The highest BCUT2D eigenvalue weighted by atomic mass is 35.5. The molecule has 18 nitrogen and oxygen atoms in total. The number of aromatic nitrogens is 6. The summed E-state index contributed by atoms with van der Waals surface area (Å²) in [6.45, 7) is 0.168. The molecule has 0 aliphatic rings. The van der Waals surface area contributed by atoms with Gasteiger partial charge in [-0.25, -0.2) is 50.4 Å².